The van der Waals surface area contributed by atoms with Crippen molar-refractivity contribution < 1.29 is 34.2 Å². The van der Waals surface area contributed by atoms with E-state index in [-0.39, 0.29) is 39.3 Å². The van der Waals surface area contributed by atoms with Crippen LogP contribution in [0.3, 0.4) is 0 Å². The Balaban J connectivity index is 2.14. The molecule has 0 spiro atoms. The average molecular weight is 484 g/mol. The molecule has 0 fully saturated rings. The highest BCUT2D eigenvalue weighted by Crippen LogP contribution is 2.34. The Hall–Kier alpha value is -3.53. The molecular weight excluding hydrogens is 468 g/mol. The molecular formula is C17H16N4O9S2. The van der Waals surface area contributed by atoms with Crippen LogP contribution in [0.2, 0.25) is 0 Å². The second-order valence-corrected chi connectivity index (χ2v) is 8.61. The molecule has 0 aliphatic carbocycles. The Morgan fingerprint density at radius 3 is 2.28 bits per heavy atom. The molecule has 0 radical (unpaired) electrons. The van der Waals surface area contributed by atoms with Crippen molar-refractivity contribution in [3.05, 3.63) is 52.9 Å². The molecule has 32 heavy (non-hydrogen) atoms. The van der Waals surface area contributed by atoms with Gasteiger partial charge in [0.25, 0.3) is 0 Å². The van der Waals surface area contributed by atoms with Crippen LogP contribution in [-0.2, 0) is 20.7 Å². The van der Waals surface area contributed by atoms with Crippen LogP contribution >= 0.6 is 0 Å². The summed E-state index contributed by atoms with van der Waals surface area (Å²) in [6.45, 7) is 0. The number of benzene rings is 2. The van der Waals surface area contributed by atoms with Crippen molar-refractivity contribution in [1.29, 1.82) is 0 Å². The largest absolute Gasteiger partial charge is 0.463 e. The molecule has 0 aliphatic heterocycles. The normalized spacial score (nSPS) is 12.2. The lowest BCUT2D eigenvalue weighted by Crippen LogP contribution is -2.18. The van der Waals surface area contributed by atoms with Crippen molar-refractivity contribution in [2.24, 2.45) is 15.5 Å². The van der Waals surface area contributed by atoms with Gasteiger partial charge in [-0.25, -0.2) is 0 Å². The van der Waals surface area contributed by atoms with Gasteiger partial charge in [-0.05, 0) is 24.3 Å². The van der Waals surface area contributed by atoms with E-state index in [1.807, 2.05) is 0 Å². The third-order valence-electron chi connectivity index (χ3n) is 3.75. The van der Waals surface area contributed by atoms with Crippen LogP contribution in [0.1, 0.15) is 0 Å². The SMILES string of the molecule is CN(C)N=Nc1cc(OS(N)(=O)=O)ccc1-c1coc2cc(OS(=O)(=O)O)ccc2c1=O. The summed E-state index contributed by atoms with van der Waals surface area (Å²) >= 11 is 0. The van der Waals surface area contributed by atoms with Gasteiger partial charge in [0.05, 0.1) is 16.6 Å². The molecule has 1 aromatic heterocycles. The molecule has 170 valence electrons. The maximum atomic E-state index is 13.0. The topological polar surface area (TPSA) is 191 Å². The summed E-state index contributed by atoms with van der Waals surface area (Å²) in [5.41, 5.74) is -0.142. The third kappa shape index (κ3) is 5.79. The van der Waals surface area contributed by atoms with Crippen LogP contribution in [0.5, 0.6) is 11.5 Å². The van der Waals surface area contributed by atoms with E-state index in [1.54, 1.807) is 14.1 Å². The van der Waals surface area contributed by atoms with Gasteiger partial charge in [0.1, 0.15) is 23.3 Å². The second-order valence-electron chi connectivity index (χ2n) is 6.44. The molecule has 0 bridgehead atoms. The summed E-state index contributed by atoms with van der Waals surface area (Å²) in [5.74, 6) is -0.415. The minimum absolute atomic E-state index is 0.00875. The van der Waals surface area contributed by atoms with E-state index in [1.165, 1.54) is 29.3 Å². The second kappa shape index (κ2) is 8.54. The van der Waals surface area contributed by atoms with Gasteiger partial charge < -0.3 is 12.8 Å². The van der Waals surface area contributed by atoms with E-state index < -0.39 is 26.1 Å². The van der Waals surface area contributed by atoms with E-state index in [0.717, 1.165) is 18.4 Å². The zero-order valence-electron chi connectivity index (χ0n) is 16.5. The highest BCUT2D eigenvalue weighted by atomic mass is 32.3. The monoisotopic (exact) mass is 484 g/mol. The first-order valence-corrected chi connectivity index (χ1v) is 11.3. The lowest BCUT2D eigenvalue weighted by Gasteiger charge is -2.09. The molecule has 0 aliphatic rings. The molecule has 3 N–H and O–H groups in total. The van der Waals surface area contributed by atoms with Gasteiger partial charge in [-0.15, -0.1) is 5.11 Å². The fraction of sp³-hybridized carbons (Fsp3) is 0.118. The maximum absolute atomic E-state index is 13.0. The van der Waals surface area contributed by atoms with Gasteiger partial charge >= 0.3 is 20.7 Å². The van der Waals surface area contributed by atoms with Crippen molar-refractivity contribution in [1.82, 2.24) is 5.01 Å². The van der Waals surface area contributed by atoms with Crippen LogP contribution in [0.25, 0.3) is 22.1 Å². The maximum Gasteiger partial charge on any atom is 0.446 e. The van der Waals surface area contributed by atoms with E-state index >= 15 is 0 Å². The summed E-state index contributed by atoms with van der Waals surface area (Å²) in [6.07, 6.45) is 1.10. The van der Waals surface area contributed by atoms with Crippen LogP contribution < -0.4 is 18.9 Å². The quantitative estimate of drug-likeness (QED) is 0.284. The van der Waals surface area contributed by atoms with Gasteiger partial charge in [-0.3, -0.25) is 14.4 Å². The molecule has 2 aromatic carbocycles. The highest BCUT2D eigenvalue weighted by Gasteiger charge is 2.17. The lowest BCUT2D eigenvalue weighted by atomic mass is 10.0. The minimum Gasteiger partial charge on any atom is -0.463 e. The number of hydrogen-bond donors (Lipinski definition) is 2. The number of hydrogen-bond acceptors (Lipinski definition) is 10. The molecule has 0 atom stereocenters. The minimum atomic E-state index is -4.75. The number of nitrogens with zero attached hydrogens (tertiary/aromatic N) is 3. The van der Waals surface area contributed by atoms with E-state index in [9.17, 15) is 21.6 Å². The summed E-state index contributed by atoms with van der Waals surface area (Å²) < 4.78 is 67.4. The highest BCUT2D eigenvalue weighted by molar-refractivity contribution is 7.84. The first-order chi connectivity index (χ1) is 14.8. The zero-order valence-corrected chi connectivity index (χ0v) is 18.1. The summed E-state index contributed by atoms with van der Waals surface area (Å²) in [6, 6.07) is 7.39. The fourth-order valence-corrected chi connectivity index (χ4v) is 3.33. The van der Waals surface area contributed by atoms with Crippen molar-refractivity contribution in [2.75, 3.05) is 14.1 Å². The van der Waals surface area contributed by atoms with Crippen molar-refractivity contribution in [2.45, 2.75) is 0 Å². The van der Waals surface area contributed by atoms with E-state index in [0.29, 0.717) is 0 Å². The number of fused-ring (bicyclic) bond motifs is 1. The predicted octanol–water partition coefficient (Wildman–Crippen LogP) is 1.78. The Morgan fingerprint density at radius 1 is 1.00 bits per heavy atom. The molecule has 0 saturated heterocycles. The van der Waals surface area contributed by atoms with E-state index in [4.69, 9.17) is 14.1 Å². The molecule has 13 nitrogen and oxygen atoms in total. The summed E-state index contributed by atoms with van der Waals surface area (Å²) in [4.78, 5) is 13.0. The molecule has 3 aromatic rings. The molecule has 0 saturated carbocycles. The van der Waals surface area contributed by atoms with Gasteiger partial charge in [0, 0.05) is 31.8 Å². The Morgan fingerprint density at radius 2 is 1.66 bits per heavy atom. The van der Waals surface area contributed by atoms with Gasteiger partial charge in [0.15, 0.2) is 0 Å². The van der Waals surface area contributed by atoms with Crippen LogP contribution in [-0.4, -0.2) is 40.5 Å². The van der Waals surface area contributed by atoms with Gasteiger partial charge in [0.2, 0.25) is 5.43 Å². The first-order valence-electron chi connectivity index (χ1n) is 8.50. The van der Waals surface area contributed by atoms with Gasteiger partial charge in [-0.1, -0.05) is 5.22 Å². The van der Waals surface area contributed by atoms with Crippen LogP contribution in [0.15, 0.2) is 62.2 Å². The molecule has 0 unspecified atom stereocenters. The number of rotatable bonds is 7. The predicted molar refractivity (Wildman–Crippen MR) is 112 cm³/mol. The standard InChI is InChI=1S/C17H16N4O9S2/c1-21(2)20-19-15-7-10(29-31(18,23)24)3-5-12(15)14-9-28-16-8-11(30-32(25,26)27)4-6-13(16)17(14)22/h3-9H,1-2H3,(H2,18,23,24)(H,25,26,27). The smallest absolute Gasteiger partial charge is 0.446 e. The lowest BCUT2D eigenvalue weighted by molar-refractivity contribution is 0.386. The summed E-state index contributed by atoms with van der Waals surface area (Å²) in [7, 11) is -5.84. The fourth-order valence-electron chi connectivity index (χ4n) is 2.61. The van der Waals surface area contributed by atoms with Crippen LogP contribution in [0.4, 0.5) is 5.69 Å². The Labute approximate surface area is 181 Å². The Bertz CT molecular complexity index is 1480. The zero-order chi connectivity index (χ0) is 23.7. The molecule has 15 heteroatoms. The van der Waals surface area contributed by atoms with Crippen molar-refractivity contribution in [3.63, 3.8) is 0 Å². The summed E-state index contributed by atoms with van der Waals surface area (Å²) in [5, 5.41) is 14.2. The van der Waals surface area contributed by atoms with Gasteiger partial charge in [-0.2, -0.15) is 22.0 Å². The van der Waals surface area contributed by atoms with Crippen molar-refractivity contribution >= 4 is 37.4 Å². The third-order valence-corrected chi connectivity index (χ3v) is 4.58. The molecule has 0 amide bonds. The van der Waals surface area contributed by atoms with Crippen molar-refractivity contribution in [3.8, 4) is 22.6 Å². The first kappa shape index (κ1) is 23.1. The molecule has 1 heterocycles. The Kier molecular flexibility index (Phi) is 6.18. The molecule has 3 rings (SSSR count). The van der Waals surface area contributed by atoms with Crippen LogP contribution in [0, 0.1) is 0 Å². The number of nitrogens with two attached hydrogens (primary N) is 1. The van der Waals surface area contributed by atoms with E-state index in [2.05, 4.69) is 18.7 Å². The average Bonchev–Trinajstić information content (AvgIpc) is 2.64.